The van der Waals surface area contributed by atoms with Gasteiger partial charge in [-0.3, -0.25) is 14.5 Å². The van der Waals surface area contributed by atoms with Crippen molar-refractivity contribution in [2.24, 2.45) is 5.41 Å². The molecule has 2 aliphatic heterocycles. The van der Waals surface area contributed by atoms with Crippen LogP contribution in [0.3, 0.4) is 0 Å². The van der Waals surface area contributed by atoms with Crippen LogP contribution in [0.2, 0.25) is 0 Å². The van der Waals surface area contributed by atoms with E-state index in [-0.39, 0.29) is 43.9 Å². The van der Waals surface area contributed by atoms with E-state index in [0.717, 1.165) is 17.7 Å². The van der Waals surface area contributed by atoms with Gasteiger partial charge in [-0.1, -0.05) is 0 Å². The second-order valence-corrected chi connectivity index (χ2v) is 7.65. The summed E-state index contributed by atoms with van der Waals surface area (Å²) in [7, 11) is 0. The Morgan fingerprint density at radius 3 is 2.54 bits per heavy atom. The molecule has 2 N–H and O–H groups in total. The standard InChI is InChI=1S/C17H26FN3O5/c1-11-14(23)19(8-9-21(11)16(25)26)6-2-12(18)15(24)20-7-5-17(3-4-17)13(22)10-20/h11-13,22H,2-10H2,1H3,(H,25,26)/t11-,12?,13+/m0/s1. The Kier molecular flexibility index (Phi) is 5.09. The van der Waals surface area contributed by atoms with E-state index in [0.29, 0.717) is 13.0 Å². The zero-order valence-corrected chi connectivity index (χ0v) is 14.9. The summed E-state index contributed by atoms with van der Waals surface area (Å²) >= 11 is 0. The second kappa shape index (κ2) is 7.02. The number of hydrogen-bond donors (Lipinski definition) is 2. The molecule has 9 heteroatoms. The number of piperidine rings is 1. The quantitative estimate of drug-likeness (QED) is 0.740. The number of aliphatic hydroxyl groups is 1. The van der Waals surface area contributed by atoms with E-state index in [9.17, 15) is 23.9 Å². The summed E-state index contributed by atoms with van der Waals surface area (Å²) in [6.07, 6.45) is -0.937. The number of hydrogen-bond acceptors (Lipinski definition) is 4. The summed E-state index contributed by atoms with van der Waals surface area (Å²) in [5, 5.41) is 19.2. The molecule has 1 saturated carbocycles. The molecular formula is C17H26FN3O5. The van der Waals surface area contributed by atoms with Gasteiger partial charge in [0.15, 0.2) is 6.17 Å². The fourth-order valence-electron chi connectivity index (χ4n) is 3.97. The third-order valence-corrected chi connectivity index (χ3v) is 6.10. The summed E-state index contributed by atoms with van der Waals surface area (Å²) in [6, 6.07) is -0.804. The molecule has 3 fully saturated rings. The first kappa shape index (κ1) is 18.9. The lowest BCUT2D eigenvalue weighted by Crippen LogP contribution is -2.57. The molecule has 3 atom stereocenters. The van der Waals surface area contributed by atoms with Crippen molar-refractivity contribution in [2.75, 3.05) is 32.7 Å². The minimum absolute atomic E-state index is 0.0467. The summed E-state index contributed by atoms with van der Waals surface area (Å²) in [5.41, 5.74) is -0.0467. The fraction of sp³-hybridized carbons (Fsp3) is 0.824. The van der Waals surface area contributed by atoms with Crippen molar-refractivity contribution < 1.29 is 29.0 Å². The van der Waals surface area contributed by atoms with E-state index in [1.54, 1.807) is 0 Å². The average Bonchev–Trinajstić information content (AvgIpc) is 3.38. The smallest absolute Gasteiger partial charge is 0.408 e. The predicted octanol–water partition coefficient (Wildman–Crippen LogP) is 0.299. The van der Waals surface area contributed by atoms with Crippen molar-refractivity contribution >= 4 is 17.9 Å². The van der Waals surface area contributed by atoms with Gasteiger partial charge in [-0.05, 0) is 31.6 Å². The molecule has 1 aliphatic carbocycles. The number of carboxylic acid groups (broad SMARTS) is 1. The third-order valence-electron chi connectivity index (χ3n) is 6.10. The highest BCUT2D eigenvalue weighted by molar-refractivity contribution is 5.86. The van der Waals surface area contributed by atoms with Crippen LogP contribution in [0.5, 0.6) is 0 Å². The van der Waals surface area contributed by atoms with Crippen LogP contribution in [-0.2, 0) is 9.59 Å². The number of nitrogens with zero attached hydrogens (tertiary/aromatic N) is 3. The van der Waals surface area contributed by atoms with Crippen LogP contribution >= 0.6 is 0 Å². The Balaban J connectivity index is 1.48. The molecule has 3 rings (SSSR count). The molecule has 0 aromatic rings. The Hall–Kier alpha value is -1.90. The van der Waals surface area contributed by atoms with Gasteiger partial charge in [-0.25, -0.2) is 9.18 Å². The van der Waals surface area contributed by atoms with E-state index in [1.807, 2.05) is 0 Å². The number of amides is 3. The highest BCUT2D eigenvalue weighted by Gasteiger charge is 2.52. The number of likely N-dealkylation sites (tertiary alicyclic amines) is 1. The Morgan fingerprint density at radius 1 is 1.27 bits per heavy atom. The molecule has 2 saturated heterocycles. The van der Waals surface area contributed by atoms with Crippen molar-refractivity contribution in [3.05, 3.63) is 0 Å². The van der Waals surface area contributed by atoms with Crippen molar-refractivity contribution in [3.8, 4) is 0 Å². The zero-order chi connectivity index (χ0) is 19.1. The molecule has 0 aromatic heterocycles. The first-order chi connectivity index (χ1) is 12.2. The highest BCUT2D eigenvalue weighted by atomic mass is 19.1. The van der Waals surface area contributed by atoms with Gasteiger partial charge in [0.1, 0.15) is 6.04 Å². The third kappa shape index (κ3) is 3.49. The number of alkyl halides is 1. The van der Waals surface area contributed by atoms with Gasteiger partial charge >= 0.3 is 6.09 Å². The molecule has 8 nitrogen and oxygen atoms in total. The molecule has 2 heterocycles. The molecule has 0 radical (unpaired) electrons. The summed E-state index contributed by atoms with van der Waals surface area (Å²) in [6.45, 7) is 2.58. The average molecular weight is 371 g/mol. The highest BCUT2D eigenvalue weighted by Crippen LogP contribution is 2.53. The van der Waals surface area contributed by atoms with Crippen LogP contribution in [0.15, 0.2) is 0 Å². The maximum absolute atomic E-state index is 14.4. The van der Waals surface area contributed by atoms with Gasteiger partial charge < -0.3 is 20.0 Å². The number of β-amino-alcohol motifs (C(OH)–C–C–N with tert-alkyl or cyclic N) is 1. The van der Waals surface area contributed by atoms with Crippen LogP contribution in [0, 0.1) is 5.41 Å². The summed E-state index contributed by atoms with van der Waals surface area (Å²) in [5.74, 6) is -1.01. The van der Waals surface area contributed by atoms with Gasteiger partial charge in [0, 0.05) is 39.1 Å². The normalized spacial score (nSPS) is 29.0. The van der Waals surface area contributed by atoms with E-state index in [2.05, 4.69) is 0 Å². The van der Waals surface area contributed by atoms with Crippen LogP contribution in [0.1, 0.15) is 32.6 Å². The van der Waals surface area contributed by atoms with Gasteiger partial charge in [-0.2, -0.15) is 0 Å². The maximum Gasteiger partial charge on any atom is 0.408 e. The van der Waals surface area contributed by atoms with Crippen LogP contribution in [0.4, 0.5) is 9.18 Å². The number of carbonyl (C=O) groups excluding carboxylic acids is 2. The van der Waals surface area contributed by atoms with E-state index < -0.39 is 30.3 Å². The molecule has 0 aromatic carbocycles. The molecule has 1 spiro atoms. The van der Waals surface area contributed by atoms with Crippen LogP contribution < -0.4 is 0 Å². The van der Waals surface area contributed by atoms with Gasteiger partial charge in [0.2, 0.25) is 5.91 Å². The monoisotopic (exact) mass is 371 g/mol. The molecular weight excluding hydrogens is 345 g/mol. The van der Waals surface area contributed by atoms with Crippen molar-refractivity contribution in [2.45, 2.75) is 50.9 Å². The number of rotatable bonds is 4. The molecule has 3 aliphatic rings. The number of carbonyl (C=O) groups is 3. The first-order valence-corrected chi connectivity index (χ1v) is 9.14. The summed E-state index contributed by atoms with van der Waals surface area (Å²) in [4.78, 5) is 39.4. The van der Waals surface area contributed by atoms with Crippen LogP contribution in [-0.4, -0.2) is 93.9 Å². The number of halogens is 1. The summed E-state index contributed by atoms with van der Waals surface area (Å²) < 4.78 is 14.4. The van der Waals surface area contributed by atoms with Crippen LogP contribution in [0.25, 0.3) is 0 Å². The van der Waals surface area contributed by atoms with Crippen molar-refractivity contribution in [1.29, 1.82) is 0 Å². The van der Waals surface area contributed by atoms with Crippen molar-refractivity contribution in [1.82, 2.24) is 14.7 Å². The van der Waals surface area contributed by atoms with E-state index in [1.165, 1.54) is 16.7 Å². The van der Waals surface area contributed by atoms with Crippen molar-refractivity contribution in [3.63, 3.8) is 0 Å². The topological polar surface area (TPSA) is 101 Å². The zero-order valence-electron chi connectivity index (χ0n) is 14.9. The van der Waals surface area contributed by atoms with E-state index >= 15 is 0 Å². The molecule has 0 bridgehead atoms. The first-order valence-electron chi connectivity index (χ1n) is 9.14. The largest absolute Gasteiger partial charge is 0.465 e. The van der Waals surface area contributed by atoms with Gasteiger partial charge in [0.25, 0.3) is 5.91 Å². The Bertz CT molecular complexity index is 597. The minimum atomic E-state index is -1.73. The Labute approximate surface area is 151 Å². The molecule has 26 heavy (non-hydrogen) atoms. The molecule has 146 valence electrons. The fourth-order valence-corrected chi connectivity index (χ4v) is 3.97. The minimum Gasteiger partial charge on any atom is -0.465 e. The van der Waals surface area contributed by atoms with Gasteiger partial charge in [-0.15, -0.1) is 0 Å². The van der Waals surface area contributed by atoms with E-state index in [4.69, 9.17) is 5.11 Å². The lowest BCUT2D eigenvalue weighted by Gasteiger charge is -2.38. The second-order valence-electron chi connectivity index (χ2n) is 7.65. The predicted molar refractivity (Wildman–Crippen MR) is 89.2 cm³/mol. The lowest BCUT2D eigenvalue weighted by atomic mass is 9.90. The SMILES string of the molecule is C[C@H]1C(=O)N(CCC(F)C(=O)N2CCC3(CC3)[C@H](O)C2)CCN1C(=O)O. The van der Waals surface area contributed by atoms with Gasteiger partial charge in [0.05, 0.1) is 6.10 Å². The lowest BCUT2D eigenvalue weighted by molar-refractivity contribution is -0.144. The molecule has 3 amide bonds. The number of piperazine rings is 1. The molecule has 1 unspecified atom stereocenters. The maximum atomic E-state index is 14.4. The number of aliphatic hydroxyl groups excluding tert-OH is 1. The Morgan fingerprint density at radius 2 is 1.96 bits per heavy atom.